The van der Waals surface area contributed by atoms with Crippen LogP contribution in [0.2, 0.25) is 0 Å². The van der Waals surface area contributed by atoms with Crippen molar-refractivity contribution in [1.29, 1.82) is 0 Å². The van der Waals surface area contributed by atoms with E-state index in [4.69, 9.17) is 4.99 Å². The van der Waals surface area contributed by atoms with E-state index in [1.165, 1.54) is 11.1 Å². The average Bonchev–Trinajstić information content (AvgIpc) is 3.15. The maximum atomic E-state index is 5.01. The van der Waals surface area contributed by atoms with E-state index in [1.807, 2.05) is 6.07 Å². The molecule has 0 aromatic heterocycles. The minimum Gasteiger partial charge on any atom is -0.258 e. The van der Waals surface area contributed by atoms with Crippen LogP contribution in [0.5, 0.6) is 0 Å². The van der Waals surface area contributed by atoms with Crippen LogP contribution in [0.25, 0.3) is 0 Å². The normalized spacial score (nSPS) is 31.7. The number of hydrogen-bond donors (Lipinski definition) is 0. The van der Waals surface area contributed by atoms with Crippen molar-refractivity contribution < 1.29 is 0 Å². The van der Waals surface area contributed by atoms with E-state index in [0.717, 1.165) is 12.3 Å². The molecule has 2 aromatic rings. The lowest BCUT2D eigenvalue weighted by molar-refractivity contribution is 0.489. The zero-order chi connectivity index (χ0) is 12.9. The highest BCUT2D eigenvalue weighted by atomic mass is 79.9. The van der Waals surface area contributed by atoms with Crippen molar-refractivity contribution in [3.05, 3.63) is 71.8 Å². The molecule has 2 aliphatic rings. The van der Waals surface area contributed by atoms with Crippen LogP contribution in [-0.2, 0) is 5.66 Å². The Morgan fingerprint density at radius 3 is 2.32 bits per heavy atom. The fourth-order valence-electron chi connectivity index (χ4n) is 2.81. The van der Waals surface area contributed by atoms with Crippen LogP contribution >= 0.6 is 15.9 Å². The maximum absolute atomic E-state index is 5.01. The van der Waals surface area contributed by atoms with E-state index in [2.05, 4.69) is 75.4 Å². The number of halogens is 1. The molecule has 94 valence electrons. The van der Waals surface area contributed by atoms with Gasteiger partial charge in [0.25, 0.3) is 0 Å². The van der Waals surface area contributed by atoms with E-state index in [1.54, 1.807) is 0 Å². The highest BCUT2D eigenvalue weighted by Gasteiger charge is 2.61. The van der Waals surface area contributed by atoms with Gasteiger partial charge in [0.15, 0.2) is 5.66 Å². The molecule has 0 amide bonds. The Labute approximate surface area is 120 Å². The van der Waals surface area contributed by atoms with Crippen LogP contribution in [0, 0.1) is 0 Å². The van der Waals surface area contributed by atoms with Gasteiger partial charge in [-0.2, -0.15) is 0 Å². The summed E-state index contributed by atoms with van der Waals surface area (Å²) in [6.45, 7) is 1.00. The second-order valence-electron chi connectivity index (χ2n) is 5.01. The van der Waals surface area contributed by atoms with E-state index in [-0.39, 0.29) is 10.6 Å². The molecule has 2 nitrogen and oxygen atoms in total. The van der Waals surface area contributed by atoms with Gasteiger partial charge in [-0.1, -0.05) is 76.6 Å². The predicted molar refractivity (Wildman–Crippen MR) is 80.5 cm³/mol. The second kappa shape index (κ2) is 4.02. The third kappa shape index (κ3) is 1.62. The van der Waals surface area contributed by atoms with Gasteiger partial charge in [0, 0.05) is 6.54 Å². The second-order valence-corrected chi connectivity index (χ2v) is 5.88. The number of fused-ring (bicyclic) bond motifs is 1. The van der Waals surface area contributed by atoms with Crippen molar-refractivity contribution in [2.45, 2.75) is 10.6 Å². The van der Waals surface area contributed by atoms with Gasteiger partial charge < -0.3 is 0 Å². The lowest BCUT2D eigenvalue weighted by Gasteiger charge is -2.08. The molecule has 0 saturated carbocycles. The molecule has 0 bridgehead atoms. The molecule has 2 aromatic carbocycles. The molecule has 2 heterocycles. The maximum Gasteiger partial charge on any atom is 0.153 e. The van der Waals surface area contributed by atoms with Gasteiger partial charge in [-0.05, 0) is 11.1 Å². The Kier molecular flexibility index (Phi) is 2.41. The zero-order valence-corrected chi connectivity index (χ0v) is 11.9. The first-order valence-corrected chi connectivity index (χ1v) is 7.34. The first kappa shape index (κ1) is 11.4. The minimum absolute atomic E-state index is 0.124. The van der Waals surface area contributed by atoms with Gasteiger partial charge in [0.05, 0.1) is 5.71 Å². The molecule has 2 aliphatic heterocycles. The van der Waals surface area contributed by atoms with Gasteiger partial charge in [0.1, 0.15) is 4.95 Å². The van der Waals surface area contributed by atoms with Crippen LogP contribution in [0.3, 0.4) is 0 Å². The van der Waals surface area contributed by atoms with Gasteiger partial charge >= 0.3 is 0 Å². The van der Waals surface area contributed by atoms with Crippen molar-refractivity contribution in [2.24, 2.45) is 4.99 Å². The molecule has 1 fully saturated rings. The van der Waals surface area contributed by atoms with Crippen LogP contribution in [-0.4, -0.2) is 22.1 Å². The van der Waals surface area contributed by atoms with E-state index < -0.39 is 0 Å². The van der Waals surface area contributed by atoms with Crippen molar-refractivity contribution in [3.8, 4) is 0 Å². The van der Waals surface area contributed by atoms with Crippen molar-refractivity contribution in [3.63, 3.8) is 0 Å². The van der Waals surface area contributed by atoms with Crippen LogP contribution in [0.1, 0.15) is 11.1 Å². The number of nitrogens with zero attached hydrogens (tertiary/aromatic N) is 2. The van der Waals surface area contributed by atoms with Crippen LogP contribution in [0.15, 0.2) is 65.7 Å². The summed E-state index contributed by atoms with van der Waals surface area (Å²) in [5.41, 5.74) is 3.49. The molecule has 3 heteroatoms. The molecule has 4 rings (SSSR count). The Hall–Kier alpha value is -1.45. The largest absolute Gasteiger partial charge is 0.258 e. The SMILES string of the molecule is BrC1C(c2ccccc2)=NC2(c3ccccc3)CN12. The molecular weight excluding hydrogens is 300 g/mol. The predicted octanol–water partition coefficient (Wildman–Crippen LogP) is 3.38. The van der Waals surface area contributed by atoms with Crippen LogP contribution in [0.4, 0.5) is 0 Å². The third-order valence-corrected chi connectivity index (χ3v) is 4.80. The summed E-state index contributed by atoms with van der Waals surface area (Å²) >= 11 is 3.78. The summed E-state index contributed by atoms with van der Waals surface area (Å²) in [5.74, 6) is 0. The number of benzene rings is 2. The number of rotatable bonds is 2. The quantitative estimate of drug-likeness (QED) is 0.471. The summed E-state index contributed by atoms with van der Waals surface area (Å²) in [5, 5.41) is 0. The molecule has 19 heavy (non-hydrogen) atoms. The highest BCUT2D eigenvalue weighted by Crippen LogP contribution is 2.52. The molecule has 3 unspecified atom stereocenters. The van der Waals surface area contributed by atoms with Gasteiger partial charge in [0.2, 0.25) is 0 Å². The first-order chi connectivity index (χ1) is 9.31. The first-order valence-electron chi connectivity index (χ1n) is 6.43. The Balaban J connectivity index is 1.78. The Morgan fingerprint density at radius 2 is 1.63 bits per heavy atom. The highest BCUT2D eigenvalue weighted by molar-refractivity contribution is 9.10. The summed E-state index contributed by atoms with van der Waals surface area (Å²) in [6, 6.07) is 21.0. The van der Waals surface area contributed by atoms with Crippen molar-refractivity contribution in [1.82, 2.24) is 4.90 Å². The van der Waals surface area contributed by atoms with Crippen molar-refractivity contribution in [2.75, 3.05) is 6.54 Å². The number of hydrogen-bond acceptors (Lipinski definition) is 2. The minimum atomic E-state index is -0.124. The topological polar surface area (TPSA) is 15.4 Å². The smallest absolute Gasteiger partial charge is 0.153 e. The molecule has 3 atom stereocenters. The summed E-state index contributed by atoms with van der Waals surface area (Å²) in [4.78, 5) is 7.61. The van der Waals surface area contributed by atoms with Gasteiger partial charge in [-0.15, -0.1) is 0 Å². The molecule has 0 N–H and O–H groups in total. The molecule has 1 saturated heterocycles. The zero-order valence-electron chi connectivity index (χ0n) is 10.3. The number of alkyl halides is 1. The summed E-state index contributed by atoms with van der Waals surface area (Å²) in [7, 11) is 0. The van der Waals surface area contributed by atoms with Gasteiger partial charge in [-0.25, -0.2) is 0 Å². The lowest BCUT2D eigenvalue weighted by atomic mass is 10.1. The van der Waals surface area contributed by atoms with Crippen molar-refractivity contribution >= 4 is 21.6 Å². The lowest BCUT2D eigenvalue weighted by Crippen LogP contribution is -2.19. The molecule has 0 radical (unpaired) electrons. The molecule has 0 spiro atoms. The monoisotopic (exact) mass is 312 g/mol. The van der Waals surface area contributed by atoms with E-state index in [9.17, 15) is 0 Å². The fraction of sp³-hybridized carbons (Fsp3) is 0.188. The van der Waals surface area contributed by atoms with E-state index >= 15 is 0 Å². The van der Waals surface area contributed by atoms with Gasteiger partial charge in [-0.3, -0.25) is 9.89 Å². The number of aliphatic imine (C=N–C) groups is 1. The Morgan fingerprint density at radius 1 is 1.00 bits per heavy atom. The summed E-state index contributed by atoms with van der Waals surface area (Å²) < 4.78 is 0. The fourth-order valence-corrected chi connectivity index (χ4v) is 3.66. The standard InChI is InChI=1S/C16H13BrN2/c17-15-14(12-7-3-1-4-8-12)18-16(11-19(15)16)13-9-5-2-6-10-13/h1-10,15H,11H2. The third-order valence-electron chi connectivity index (χ3n) is 3.87. The summed E-state index contributed by atoms with van der Waals surface area (Å²) in [6.07, 6.45) is 0. The van der Waals surface area contributed by atoms with E-state index in [0.29, 0.717) is 0 Å². The Bertz CT molecular complexity index is 638. The van der Waals surface area contributed by atoms with Crippen LogP contribution < -0.4 is 0 Å². The molecule has 0 aliphatic carbocycles. The molecular formula is C16H13BrN2. The average molecular weight is 313 g/mol.